The van der Waals surface area contributed by atoms with Gasteiger partial charge in [0.05, 0.1) is 11.2 Å². The third-order valence-electron chi connectivity index (χ3n) is 5.31. The van der Waals surface area contributed by atoms with Crippen molar-refractivity contribution in [3.05, 3.63) is 70.6 Å². The Hall–Kier alpha value is -3.34. The minimum atomic E-state index is -0.0465. The molecule has 0 saturated carbocycles. The number of imidazole rings is 1. The Morgan fingerprint density at radius 1 is 1.00 bits per heavy atom. The Kier molecular flexibility index (Phi) is 4.77. The number of rotatable bonds is 3. The fraction of sp³-hybridized carbons (Fsp3) is 0.280. The molecule has 0 atom stereocenters. The third-order valence-corrected chi connectivity index (χ3v) is 5.31. The number of aromatic nitrogens is 3. The van der Waals surface area contributed by atoms with Crippen LogP contribution in [0.3, 0.4) is 0 Å². The van der Waals surface area contributed by atoms with Crippen LogP contribution in [0.2, 0.25) is 0 Å². The van der Waals surface area contributed by atoms with Gasteiger partial charge in [-0.2, -0.15) is 0 Å². The number of hydrogen-bond acceptors (Lipinski definition) is 3. The van der Waals surface area contributed by atoms with Gasteiger partial charge in [0.1, 0.15) is 5.75 Å². The highest BCUT2D eigenvalue weighted by atomic mass is 16.3. The number of fused-ring (bicyclic) bond motifs is 1. The first kappa shape index (κ1) is 20.0. The van der Waals surface area contributed by atoms with Crippen LogP contribution in [-0.2, 0) is 13.6 Å². The summed E-state index contributed by atoms with van der Waals surface area (Å²) in [5, 5.41) is 9.83. The number of hydrogen-bond donors (Lipinski definition) is 1. The van der Waals surface area contributed by atoms with Gasteiger partial charge in [-0.3, -0.25) is 9.13 Å². The zero-order valence-corrected chi connectivity index (χ0v) is 18.1. The molecule has 0 aliphatic rings. The van der Waals surface area contributed by atoms with Gasteiger partial charge in [0.2, 0.25) is 0 Å². The van der Waals surface area contributed by atoms with Crippen molar-refractivity contribution in [3.63, 3.8) is 0 Å². The Bertz CT molecular complexity index is 1310. The smallest absolute Gasteiger partial charge is 0.330 e. The second-order valence-corrected chi connectivity index (χ2v) is 9.11. The van der Waals surface area contributed by atoms with Crippen molar-refractivity contribution in [2.45, 2.75) is 34.2 Å². The molecule has 30 heavy (non-hydrogen) atoms. The van der Waals surface area contributed by atoms with Gasteiger partial charge in [-0.25, -0.2) is 9.78 Å². The first-order valence-corrected chi connectivity index (χ1v) is 10.1. The van der Waals surface area contributed by atoms with Crippen LogP contribution < -0.4 is 5.69 Å². The van der Waals surface area contributed by atoms with Gasteiger partial charge in [-0.15, -0.1) is 0 Å². The summed E-state index contributed by atoms with van der Waals surface area (Å²) in [6, 6.07) is 17.4. The maximum Gasteiger partial charge on any atom is 0.330 e. The highest BCUT2D eigenvalue weighted by molar-refractivity contribution is 5.79. The van der Waals surface area contributed by atoms with Crippen molar-refractivity contribution in [3.8, 4) is 28.1 Å². The van der Waals surface area contributed by atoms with E-state index in [0.29, 0.717) is 12.2 Å². The average molecular weight is 402 g/mol. The molecule has 0 amide bonds. The maximum atomic E-state index is 12.8. The van der Waals surface area contributed by atoms with E-state index in [4.69, 9.17) is 4.98 Å². The minimum Gasteiger partial charge on any atom is -0.508 e. The Morgan fingerprint density at radius 3 is 2.43 bits per heavy atom. The quantitative estimate of drug-likeness (QED) is 0.518. The lowest BCUT2D eigenvalue weighted by molar-refractivity contribution is 0.342. The molecule has 2 heterocycles. The first-order chi connectivity index (χ1) is 14.1. The normalized spacial score (nSPS) is 11.9. The lowest BCUT2D eigenvalue weighted by Gasteiger charge is -2.18. The summed E-state index contributed by atoms with van der Waals surface area (Å²) in [5.74, 6) is 0.240. The summed E-state index contributed by atoms with van der Waals surface area (Å²) < 4.78 is 3.43. The molecule has 0 aliphatic carbocycles. The van der Waals surface area contributed by atoms with Gasteiger partial charge >= 0.3 is 5.69 Å². The molecule has 0 spiro atoms. The number of benzene rings is 2. The molecule has 0 bridgehead atoms. The van der Waals surface area contributed by atoms with Crippen molar-refractivity contribution >= 4 is 11.2 Å². The van der Waals surface area contributed by atoms with Gasteiger partial charge in [-0.1, -0.05) is 45.0 Å². The van der Waals surface area contributed by atoms with Crippen LogP contribution in [0.25, 0.3) is 33.5 Å². The number of phenols is 1. The van der Waals surface area contributed by atoms with E-state index in [1.54, 1.807) is 23.7 Å². The van der Waals surface area contributed by atoms with E-state index < -0.39 is 0 Å². The summed E-state index contributed by atoms with van der Waals surface area (Å²) >= 11 is 0. The summed E-state index contributed by atoms with van der Waals surface area (Å²) in [6.45, 7) is 9.05. The lowest BCUT2D eigenvalue weighted by Crippen LogP contribution is -2.27. The first-order valence-electron chi connectivity index (χ1n) is 10.1. The predicted molar refractivity (Wildman–Crippen MR) is 122 cm³/mol. The average Bonchev–Trinajstić information content (AvgIpc) is 2.91. The molecular weight excluding hydrogens is 374 g/mol. The molecule has 0 unspecified atom stereocenters. The van der Waals surface area contributed by atoms with Crippen LogP contribution in [0.5, 0.6) is 5.75 Å². The topological polar surface area (TPSA) is 60.1 Å². The van der Waals surface area contributed by atoms with Crippen molar-refractivity contribution < 1.29 is 5.11 Å². The van der Waals surface area contributed by atoms with Crippen molar-refractivity contribution in [2.75, 3.05) is 0 Å². The molecule has 4 rings (SSSR count). The molecular formula is C25H27N3O2. The second-order valence-electron chi connectivity index (χ2n) is 9.11. The molecule has 0 saturated heterocycles. The van der Waals surface area contributed by atoms with Crippen molar-refractivity contribution in [2.24, 2.45) is 12.5 Å². The molecule has 154 valence electrons. The summed E-state index contributed by atoms with van der Waals surface area (Å²) in [6.07, 6.45) is 0. The molecule has 4 aromatic rings. The van der Waals surface area contributed by atoms with Crippen LogP contribution in [0.15, 0.2) is 59.4 Å². The number of aromatic hydroxyl groups is 1. The van der Waals surface area contributed by atoms with E-state index in [9.17, 15) is 9.90 Å². The fourth-order valence-corrected chi connectivity index (χ4v) is 3.81. The van der Waals surface area contributed by atoms with Gasteiger partial charge in [0.15, 0.2) is 5.65 Å². The van der Waals surface area contributed by atoms with E-state index >= 15 is 0 Å². The van der Waals surface area contributed by atoms with Gasteiger partial charge in [0, 0.05) is 19.2 Å². The standard InChI is InChI=1S/C25H27N3O2/c1-16-9-10-18(17-7-6-8-19(29)13-17)14-20(16)21-11-12-22-23(26-21)27(5)24(30)28(22)15-25(2,3)4/h6-14,29H,15H2,1-5H3. The van der Waals surface area contributed by atoms with Crippen LogP contribution >= 0.6 is 0 Å². The lowest BCUT2D eigenvalue weighted by atomic mass is 9.96. The Balaban J connectivity index is 1.85. The van der Waals surface area contributed by atoms with E-state index in [1.165, 1.54) is 0 Å². The van der Waals surface area contributed by atoms with E-state index in [2.05, 4.69) is 39.8 Å². The summed E-state index contributed by atoms with van der Waals surface area (Å²) in [4.78, 5) is 17.7. The Labute approximate surface area is 176 Å². The second kappa shape index (κ2) is 7.17. The molecule has 5 nitrogen and oxygen atoms in total. The van der Waals surface area contributed by atoms with Crippen molar-refractivity contribution in [1.29, 1.82) is 0 Å². The zero-order valence-electron chi connectivity index (χ0n) is 18.1. The van der Waals surface area contributed by atoms with E-state index in [1.807, 2.05) is 34.9 Å². The van der Waals surface area contributed by atoms with Gasteiger partial charge in [0.25, 0.3) is 0 Å². The van der Waals surface area contributed by atoms with E-state index in [0.717, 1.165) is 33.5 Å². The number of phenolic OH excluding ortho intramolecular Hbond substituents is 1. The molecule has 5 heteroatoms. The minimum absolute atomic E-state index is 0.0110. The molecule has 2 aromatic carbocycles. The van der Waals surface area contributed by atoms with Gasteiger partial charge in [-0.05, 0) is 59.4 Å². The SMILES string of the molecule is Cc1ccc(-c2cccc(O)c2)cc1-c1ccc2c(n1)n(C)c(=O)n2CC(C)(C)C. The molecule has 0 radical (unpaired) electrons. The maximum absolute atomic E-state index is 12.8. The van der Waals surface area contributed by atoms with Gasteiger partial charge < -0.3 is 5.11 Å². The largest absolute Gasteiger partial charge is 0.508 e. The van der Waals surface area contributed by atoms with Crippen LogP contribution in [0.4, 0.5) is 0 Å². The van der Waals surface area contributed by atoms with E-state index in [-0.39, 0.29) is 16.9 Å². The molecule has 0 aliphatic heterocycles. The highest BCUT2D eigenvalue weighted by Crippen LogP contribution is 2.31. The summed E-state index contributed by atoms with van der Waals surface area (Å²) in [7, 11) is 1.77. The van der Waals surface area contributed by atoms with Crippen molar-refractivity contribution in [1.82, 2.24) is 14.1 Å². The third kappa shape index (κ3) is 3.63. The Morgan fingerprint density at radius 2 is 1.73 bits per heavy atom. The zero-order chi connectivity index (χ0) is 21.6. The number of nitrogens with zero attached hydrogens (tertiary/aromatic N) is 3. The number of aryl methyl sites for hydroxylation is 2. The predicted octanol–water partition coefficient (Wildman–Crippen LogP) is 5.13. The van der Waals surface area contributed by atoms with Crippen LogP contribution in [0, 0.1) is 12.3 Å². The molecule has 2 aromatic heterocycles. The summed E-state index contributed by atoms with van der Waals surface area (Å²) in [5.41, 5.74) is 6.36. The van der Waals surface area contributed by atoms with Crippen LogP contribution in [0.1, 0.15) is 26.3 Å². The molecule has 0 fully saturated rings. The number of pyridine rings is 1. The molecule has 1 N–H and O–H groups in total. The fourth-order valence-electron chi connectivity index (χ4n) is 3.81. The van der Waals surface area contributed by atoms with Crippen LogP contribution in [-0.4, -0.2) is 19.2 Å². The highest BCUT2D eigenvalue weighted by Gasteiger charge is 2.19. The monoisotopic (exact) mass is 401 g/mol.